The van der Waals surface area contributed by atoms with Gasteiger partial charge in [-0.1, -0.05) is 48.5 Å². The van der Waals surface area contributed by atoms with Gasteiger partial charge in [-0.3, -0.25) is 4.98 Å². The lowest BCUT2D eigenvalue weighted by Gasteiger charge is -2.10. The van der Waals surface area contributed by atoms with Crippen LogP contribution in [0.5, 0.6) is 0 Å². The monoisotopic (exact) mass is 386 g/mol. The minimum absolute atomic E-state index is 0.938. The van der Waals surface area contributed by atoms with Crippen LogP contribution in [0.15, 0.2) is 110 Å². The van der Waals surface area contributed by atoms with E-state index in [0.29, 0.717) is 0 Å². The molecule has 0 spiro atoms. The van der Waals surface area contributed by atoms with Gasteiger partial charge in [-0.15, -0.1) is 0 Å². The lowest BCUT2D eigenvalue weighted by molar-refractivity contribution is 0.874. The highest BCUT2D eigenvalue weighted by atomic mass is 15.3. The summed E-state index contributed by atoms with van der Waals surface area (Å²) in [6.07, 6.45) is 5.54. The Hall–Kier alpha value is -4.18. The van der Waals surface area contributed by atoms with Crippen LogP contribution in [-0.4, -0.2) is 19.3 Å². The molecule has 3 aromatic heterocycles. The number of pyridine rings is 1. The second-order valence-corrected chi connectivity index (χ2v) is 7.27. The minimum atomic E-state index is 0.938. The number of hydrogen-bond donors (Lipinski definition) is 0. The molecule has 0 aliphatic carbocycles. The van der Waals surface area contributed by atoms with E-state index in [1.807, 2.05) is 35.3 Å². The summed E-state index contributed by atoms with van der Waals surface area (Å²) >= 11 is 0. The third-order valence-corrected chi connectivity index (χ3v) is 5.50. The van der Waals surface area contributed by atoms with Gasteiger partial charge >= 0.3 is 0 Å². The zero-order valence-corrected chi connectivity index (χ0v) is 16.2. The maximum atomic E-state index is 4.68. The first-order valence-corrected chi connectivity index (χ1v) is 9.93. The molecule has 3 heterocycles. The number of para-hydroxylation sites is 2. The Morgan fingerprint density at radius 1 is 0.633 bits per heavy atom. The van der Waals surface area contributed by atoms with E-state index in [0.717, 1.165) is 22.6 Å². The van der Waals surface area contributed by atoms with E-state index in [4.69, 9.17) is 0 Å². The van der Waals surface area contributed by atoms with Crippen molar-refractivity contribution in [2.45, 2.75) is 0 Å². The summed E-state index contributed by atoms with van der Waals surface area (Å²) in [4.78, 5) is 4.68. The lowest BCUT2D eigenvalue weighted by Crippen LogP contribution is -1.96. The van der Waals surface area contributed by atoms with Crippen LogP contribution in [0.3, 0.4) is 0 Å². The Kier molecular flexibility index (Phi) is 3.74. The smallest absolute Gasteiger partial charge is 0.0829 e. The molecule has 0 bridgehead atoms. The normalized spacial score (nSPS) is 11.3. The molecular formula is C26H18N4. The molecule has 0 atom stereocenters. The molecule has 6 rings (SSSR count). The molecular weight excluding hydrogens is 368 g/mol. The number of aromatic nitrogens is 4. The Balaban J connectivity index is 1.49. The second-order valence-electron chi connectivity index (χ2n) is 7.27. The molecule has 0 fully saturated rings. The van der Waals surface area contributed by atoms with Crippen molar-refractivity contribution in [3.05, 3.63) is 110 Å². The predicted octanol–water partition coefficient (Wildman–Crippen LogP) is 6.03. The van der Waals surface area contributed by atoms with E-state index in [2.05, 4.69) is 87.4 Å². The van der Waals surface area contributed by atoms with Crippen molar-refractivity contribution >= 4 is 21.8 Å². The average molecular weight is 386 g/mol. The van der Waals surface area contributed by atoms with Crippen molar-refractivity contribution < 1.29 is 0 Å². The van der Waals surface area contributed by atoms with E-state index >= 15 is 0 Å². The highest BCUT2D eigenvalue weighted by Gasteiger charge is 2.12. The van der Waals surface area contributed by atoms with Crippen LogP contribution in [0.4, 0.5) is 0 Å². The van der Waals surface area contributed by atoms with E-state index in [1.165, 1.54) is 21.8 Å². The molecule has 0 radical (unpaired) electrons. The fraction of sp³-hybridized carbons (Fsp3) is 0. The van der Waals surface area contributed by atoms with E-state index < -0.39 is 0 Å². The molecule has 3 aromatic carbocycles. The summed E-state index contributed by atoms with van der Waals surface area (Å²) in [5, 5.41) is 6.80. The molecule has 30 heavy (non-hydrogen) atoms. The van der Waals surface area contributed by atoms with Gasteiger partial charge in [-0.05, 0) is 42.5 Å². The van der Waals surface area contributed by atoms with Crippen LogP contribution < -0.4 is 0 Å². The second kappa shape index (κ2) is 6.71. The summed E-state index contributed by atoms with van der Waals surface area (Å²) in [7, 11) is 0. The lowest BCUT2D eigenvalue weighted by atomic mass is 10.1. The summed E-state index contributed by atoms with van der Waals surface area (Å²) in [6, 6.07) is 31.7. The highest BCUT2D eigenvalue weighted by molar-refractivity contribution is 6.09. The Labute approximate surface area is 173 Å². The van der Waals surface area contributed by atoms with Crippen LogP contribution >= 0.6 is 0 Å². The maximum absolute atomic E-state index is 4.68. The summed E-state index contributed by atoms with van der Waals surface area (Å²) in [5.74, 6) is 0. The van der Waals surface area contributed by atoms with Crippen LogP contribution in [-0.2, 0) is 0 Å². The first-order chi connectivity index (χ1) is 14.9. The molecule has 0 saturated carbocycles. The van der Waals surface area contributed by atoms with Gasteiger partial charge in [-0.2, -0.15) is 5.10 Å². The molecule has 0 unspecified atom stereocenters. The SMILES string of the molecule is c1cc(-c2ccc(-n3cccn3)cn2)cc(-n2c3ccccc3c3ccccc32)c1. The summed E-state index contributed by atoms with van der Waals surface area (Å²) in [6.45, 7) is 0. The fourth-order valence-corrected chi connectivity index (χ4v) is 4.12. The zero-order chi connectivity index (χ0) is 19.9. The van der Waals surface area contributed by atoms with Crippen molar-refractivity contribution in [1.82, 2.24) is 19.3 Å². The molecule has 0 N–H and O–H groups in total. The molecule has 0 amide bonds. The number of fused-ring (bicyclic) bond motifs is 3. The number of rotatable bonds is 3. The minimum Gasteiger partial charge on any atom is -0.309 e. The van der Waals surface area contributed by atoms with E-state index in [-0.39, 0.29) is 0 Å². The van der Waals surface area contributed by atoms with Gasteiger partial charge in [-0.25, -0.2) is 4.68 Å². The van der Waals surface area contributed by atoms with Crippen LogP contribution in [0.2, 0.25) is 0 Å². The van der Waals surface area contributed by atoms with Crippen molar-refractivity contribution in [2.24, 2.45) is 0 Å². The summed E-state index contributed by atoms with van der Waals surface area (Å²) < 4.78 is 4.14. The van der Waals surface area contributed by atoms with Crippen molar-refractivity contribution in [1.29, 1.82) is 0 Å². The average Bonchev–Trinajstić information content (AvgIpc) is 3.46. The molecule has 6 aromatic rings. The largest absolute Gasteiger partial charge is 0.309 e. The maximum Gasteiger partial charge on any atom is 0.0829 e. The Morgan fingerprint density at radius 3 is 2.07 bits per heavy atom. The highest BCUT2D eigenvalue weighted by Crippen LogP contribution is 2.32. The standard InChI is InChI=1S/C26H18N4/c1-3-11-25-22(9-1)23-10-2-4-12-26(23)30(25)20-8-5-7-19(17-20)24-14-13-21(18-27-24)29-16-6-15-28-29/h1-18H. The number of benzene rings is 3. The van der Waals surface area contributed by atoms with Gasteiger partial charge in [0, 0.05) is 34.4 Å². The topological polar surface area (TPSA) is 35.6 Å². The molecule has 142 valence electrons. The fourth-order valence-electron chi connectivity index (χ4n) is 4.12. The van der Waals surface area contributed by atoms with E-state index in [9.17, 15) is 0 Å². The molecule has 0 aliphatic rings. The van der Waals surface area contributed by atoms with Crippen molar-refractivity contribution in [3.63, 3.8) is 0 Å². The molecule has 0 saturated heterocycles. The van der Waals surface area contributed by atoms with Crippen LogP contribution in [0.25, 0.3) is 44.4 Å². The van der Waals surface area contributed by atoms with Crippen molar-refractivity contribution in [3.8, 4) is 22.6 Å². The zero-order valence-electron chi connectivity index (χ0n) is 16.2. The number of hydrogen-bond acceptors (Lipinski definition) is 2. The Morgan fingerprint density at radius 2 is 1.40 bits per heavy atom. The molecule has 0 aliphatic heterocycles. The number of nitrogens with zero attached hydrogens (tertiary/aromatic N) is 4. The third kappa shape index (κ3) is 2.62. The third-order valence-electron chi connectivity index (χ3n) is 5.50. The predicted molar refractivity (Wildman–Crippen MR) is 121 cm³/mol. The van der Waals surface area contributed by atoms with Gasteiger partial charge in [0.15, 0.2) is 0 Å². The summed E-state index contributed by atoms with van der Waals surface area (Å²) in [5.41, 5.74) is 6.51. The van der Waals surface area contributed by atoms with Crippen LogP contribution in [0, 0.1) is 0 Å². The van der Waals surface area contributed by atoms with Gasteiger partial charge in [0.05, 0.1) is 28.6 Å². The van der Waals surface area contributed by atoms with Gasteiger partial charge in [0.2, 0.25) is 0 Å². The van der Waals surface area contributed by atoms with Gasteiger partial charge < -0.3 is 4.57 Å². The first-order valence-electron chi connectivity index (χ1n) is 9.93. The molecule has 4 heteroatoms. The molecule has 4 nitrogen and oxygen atoms in total. The van der Waals surface area contributed by atoms with Crippen molar-refractivity contribution in [2.75, 3.05) is 0 Å². The Bertz CT molecular complexity index is 1420. The van der Waals surface area contributed by atoms with Gasteiger partial charge in [0.1, 0.15) is 0 Å². The van der Waals surface area contributed by atoms with Gasteiger partial charge in [0.25, 0.3) is 0 Å². The van der Waals surface area contributed by atoms with Crippen LogP contribution in [0.1, 0.15) is 0 Å². The quantitative estimate of drug-likeness (QED) is 0.372. The van der Waals surface area contributed by atoms with E-state index in [1.54, 1.807) is 6.20 Å². The first kappa shape index (κ1) is 16.7.